The van der Waals surface area contributed by atoms with Crippen LogP contribution in [0.15, 0.2) is 60.7 Å². The number of aryl methyl sites for hydroxylation is 1. The molecule has 0 aliphatic carbocycles. The fourth-order valence-electron chi connectivity index (χ4n) is 2.74. The standard InChI is InChI=1S/C20H18INO/c1-14-6-4-11-18(19(14)21)20(23)22-13-12-16-9-5-8-15-7-2-3-10-17(15)16/h2-11H,12-13H2,1H3,(H,22,23). The molecule has 0 radical (unpaired) electrons. The van der Waals surface area contributed by atoms with Gasteiger partial charge in [0.2, 0.25) is 0 Å². The number of halogens is 1. The van der Waals surface area contributed by atoms with Crippen LogP contribution in [0.5, 0.6) is 0 Å². The number of fused-ring (bicyclic) bond motifs is 1. The Kier molecular flexibility index (Phi) is 4.96. The van der Waals surface area contributed by atoms with Gasteiger partial charge in [0, 0.05) is 10.1 Å². The van der Waals surface area contributed by atoms with Gasteiger partial charge in [-0.3, -0.25) is 4.79 Å². The van der Waals surface area contributed by atoms with Gasteiger partial charge in [-0.2, -0.15) is 0 Å². The third-order valence-corrected chi connectivity index (χ3v) is 5.43. The number of hydrogen-bond acceptors (Lipinski definition) is 1. The quantitative estimate of drug-likeness (QED) is 0.614. The molecule has 0 fully saturated rings. The minimum absolute atomic E-state index is 0.00154. The Morgan fingerprint density at radius 2 is 1.74 bits per heavy atom. The SMILES string of the molecule is Cc1cccc(C(=O)NCCc2cccc3ccccc23)c1I. The largest absolute Gasteiger partial charge is 0.352 e. The first kappa shape index (κ1) is 16.0. The Balaban J connectivity index is 1.69. The van der Waals surface area contributed by atoms with Crippen molar-refractivity contribution < 1.29 is 4.79 Å². The minimum Gasteiger partial charge on any atom is -0.352 e. The van der Waals surface area contributed by atoms with Crippen LogP contribution in [0.1, 0.15) is 21.5 Å². The lowest BCUT2D eigenvalue weighted by Gasteiger charge is -2.10. The van der Waals surface area contributed by atoms with Crippen LogP contribution in [0.2, 0.25) is 0 Å². The molecule has 0 saturated carbocycles. The maximum atomic E-state index is 12.4. The predicted molar refractivity (Wildman–Crippen MR) is 104 cm³/mol. The zero-order valence-corrected chi connectivity index (χ0v) is 15.1. The van der Waals surface area contributed by atoms with E-state index in [1.165, 1.54) is 16.3 Å². The predicted octanol–water partition coefficient (Wildman–Crippen LogP) is 4.73. The van der Waals surface area contributed by atoms with Crippen LogP contribution in [0.4, 0.5) is 0 Å². The van der Waals surface area contributed by atoms with Crippen molar-refractivity contribution >= 4 is 39.3 Å². The highest BCUT2D eigenvalue weighted by molar-refractivity contribution is 14.1. The van der Waals surface area contributed by atoms with Crippen LogP contribution in [0, 0.1) is 10.5 Å². The van der Waals surface area contributed by atoms with E-state index in [4.69, 9.17) is 0 Å². The molecule has 23 heavy (non-hydrogen) atoms. The van der Waals surface area contributed by atoms with E-state index in [9.17, 15) is 4.79 Å². The lowest BCUT2D eigenvalue weighted by molar-refractivity contribution is 0.0953. The molecule has 0 spiro atoms. The van der Waals surface area contributed by atoms with E-state index in [1.807, 2.05) is 31.2 Å². The molecule has 3 aromatic carbocycles. The zero-order valence-electron chi connectivity index (χ0n) is 13.0. The topological polar surface area (TPSA) is 29.1 Å². The zero-order chi connectivity index (χ0) is 16.2. The molecule has 0 aliphatic heterocycles. The molecular formula is C20H18INO. The van der Waals surface area contributed by atoms with Crippen LogP contribution in [-0.4, -0.2) is 12.5 Å². The summed E-state index contributed by atoms with van der Waals surface area (Å²) in [7, 11) is 0. The fourth-order valence-corrected chi connectivity index (χ4v) is 3.34. The smallest absolute Gasteiger partial charge is 0.252 e. The summed E-state index contributed by atoms with van der Waals surface area (Å²) in [5, 5.41) is 5.54. The average molecular weight is 415 g/mol. The minimum atomic E-state index is -0.00154. The third-order valence-electron chi connectivity index (χ3n) is 4.00. The van der Waals surface area contributed by atoms with E-state index in [1.54, 1.807) is 0 Å². The summed E-state index contributed by atoms with van der Waals surface area (Å²) >= 11 is 2.23. The molecule has 1 amide bonds. The highest BCUT2D eigenvalue weighted by Gasteiger charge is 2.10. The molecule has 0 saturated heterocycles. The summed E-state index contributed by atoms with van der Waals surface area (Å²) in [4.78, 5) is 12.4. The van der Waals surface area contributed by atoms with Crippen molar-refractivity contribution in [3.8, 4) is 0 Å². The van der Waals surface area contributed by atoms with E-state index in [2.05, 4.69) is 64.3 Å². The van der Waals surface area contributed by atoms with Gasteiger partial charge in [-0.1, -0.05) is 54.6 Å². The van der Waals surface area contributed by atoms with E-state index < -0.39 is 0 Å². The third kappa shape index (κ3) is 3.55. The fraction of sp³-hybridized carbons (Fsp3) is 0.150. The van der Waals surface area contributed by atoms with Gasteiger partial charge in [0.15, 0.2) is 0 Å². The first-order valence-corrected chi connectivity index (χ1v) is 8.74. The van der Waals surface area contributed by atoms with E-state index in [-0.39, 0.29) is 5.91 Å². The van der Waals surface area contributed by atoms with Crippen molar-refractivity contribution in [3.63, 3.8) is 0 Å². The number of carbonyl (C=O) groups is 1. The lowest BCUT2D eigenvalue weighted by Crippen LogP contribution is -2.26. The van der Waals surface area contributed by atoms with Crippen LogP contribution in [0.3, 0.4) is 0 Å². The molecule has 0 heterocycles. The normalized spacial score (nSPS) is 10.7. The van der Waals surface area contributed by atoms with Crippen LogP contribution >= 0.6 is 22.6 Å². The average Bonchev–Trinajstić information content (AvgIpc) is 2.57. The molecule has 3 aromatic rings. The van der Waals surface area contributed by atoms with Gasteiger partial charge in [-0.15, -0.1) is 0 Å². The lowest BCUT2D eigenvalue weighted by atomic mass is 10.0. The van der Waals surface area contributed by atoms with E-state index in [0.29, 0.717) is 6.54 Å². The molecule has 0 aromatic heterocycles. The van der Waals surface area contributed by atoms with Crippen LogP contribution < -0.4 is 5.32 Å². The van der Waals surface area contributed by atoms with Crippen molar-refractivity contribution in [1.82, 2.24) is 5.32 Å². The molecule has 0 aliphatic rings. The summed E-state index contributed by atoms with van der Waals surface area (Å²) < 4.78 is 1.02. The van der Waals surface area contributed by atoms with Gasteiger partial charge in [-0.05, 0) is 63.9 Å². The van der Waals surface area contributed by atoms with Crippen molar-refractivity contribution in [1.29, 1.82) is 0 Å². The summed E-state index contributed by atoms with van der Waals surface area (Å²) in [6.45, 7) is 2.66. The number of nitrogens with one attached hydrogen (secondary N) is 1. The second-order valence-electron chi connectivity index (χ2n) is 5.58. The van der Waals surface area contributed by atoms with E-state index in [0.717, 1.165) is 21.1 Å². The summed E-state index contributed by atoms with van der Waals surface area (Å²) in [5.41, 5.74) is 3.15. The summed E-state index contributed by atoms with van der Waals surface area (Å²) in [5.74, 6) is -0.00154. The van der Waals surface area contributed by atoms with Crippen molar-refractivity contribution in [2.24, 2.45) is 0 Å². The molecular weight excluding hydrogens is 397 g/mol. The van der Waals surface area contributed by atoms with Gasteiger partial charge < -0.3 is 5.32 Å². The number of amides is 1. The van der Waals surface area contributed by atoms with Gasteiger partial charge in [-0.25, -0.2) is 0 Å². The van der Waals surface area contributed by atoms with Crippen molar-refractivity contribution in [3.05, 3.63) is 80.9 Å². The molecule has 1 N–H and O–H groups in total. The summed E-state index contributed by atoms with van der Waals surface area (Å²) in [6.07, 6.45) is 0.829. The maximum Gasteiger partial charge on any atom is 0.252 e. The molecule has 0 unspecified atom stereocenters. The highest BCUT2D eigenvalue weighted by Crippen LogP contribution is 2.19. The van der Waals surface area contributed by atoms with E-state index >= 15 is 0 Å². The summed E-state index contributed by atoms with van der Waals surface area (Å²) in [6, 6.07) is 20.5. The monoisotopic (exact) mass is 415 g/mol. The van der Waals surface area contributed by atoms with Crippen LogP contribution in [-0.2, 0) is 6.42 Å². The van der Waals surface area contributed by atoms with Gasteiger partial charge >= 0.3 is 0 Å². The molecule has 116 valence electrons. The second-order valence-corrected chi connectivity index (χ2v) is 6.66. The van der Waals surface area contributed by atoms with Crippen LogP contribution in [0.25, 0.3) is 10.8 Å². The Hall–Kier alpha value is -1.88. The number of hydrogen-bond donors (Lipinski definition) is 1. The molecule has 2 nitrogen and oxygen atoms in total. The highest BCUT2D eigenvalue weighted by atomic mass is 127. The van der Waals surface area contributed by atoms with Crippen molar-refractivity contribution in [2.45, 2.75) is 13.3 Å². The van der Waals surface area contributed by atoms with Gasteiger partial charge in [0.05, 0.1) is 5.56 Å². The second kappa shape index (κ2) is 7.13. The molecule has 3 heteroatoms. The maximum absolute atomic E-state index is 12.4. The van der Waals surface area contributed by atoms with Gasteiger partial charge in [0.1, 0.15) is 0 Å². The molecule has 3 rings (SSSR count). The Bertz CT molecular complexity index is 852. The Labute approximate surface area is 150 Å². The number of benzene rings is 3. The number of carbonyl (C=O) groups excluding carboxylic acids is 1. The Morgan fingerprint density at radius 1 is 1.00 bits per heavy atom. The Morgan fingerprint density at radius 3 is 2.61 bits per heavy atom. The van der Waals surface area contributed by atoms with Crippen molar-refractivity contribution in [2.75, 3.05) is 6.54 Å². The number of rotatable bonds is 4. The van der Waals surface area contributed by atoms with Gasteiger partial charge in [0.25, 0.3) is 5.91 Å². The molecule has 0 atom stereocenters. The molecule has 0 bridgehead atoms. The first-order valence-electron chi connectivity index (χ1n) is 7.67. The first-order chi connectivity index (χ1) is 11.2.